The summed E-state index contributed by atoms with van der Waals surface area (Å²) in [6.07, 6.45) is 3.60. The fourth-order valence-electron chi connectivity index (χ4n) is 2.76. The lowest BCUT2D eigenvalue weighted by molar-refractivity contribution is -0.152. The number of carboxylic acid groups (broad SMARTS) is 1. The molecule has 1 aromatic rings. The van der Waals surface area contributed by atoms with Crippen LogP contribution in [0, 0.1) is 5.41 Å². The third-order valence-corrected chi connectivity index (χ3v) is 4.98. The van der Waals surface area contributed by atoms with Gasteiger partial charge >= 0.3 is 5.97 Å². The zero-order chi connectivity index (χ0) is 13.0. The number of aliphatic carboxylic acids is 1. The van der Waals surface area contributed by atoms with E-state index in [-0.39, 0.29) is 0 Å². The Morgan fingerprint density at radius 1 is 1.61 bits per heavy atom. The smallest absolute Gasteiger partial charge is 0.310 e. The number of carbonyl (C=O) groups is 1. The lowest BCUT2D eigenvalue weighted by Gasteiger charge is -2.39. The van der Waals surface area contributed by atoms with Crippen molar-refractivity contribution >= 4 is 17.3 Å². The number of likely N-dealkylation sites (tertiary alicyclic amines) is 1. The number of hydrogen-bond donors (Lipinski definition) is 1. The Hall–Kier alpha value is -0.870. The van der Waals surface area contributed by atoms with E-state index in [2.05, 4.69) is 22.4 Å². The van der Waals surface area contributed by atoms with Crippen LogP contribution in [0.3, 0.4) is 0 Å². The van der Waals surface area contributed by atoms with Gasteiger partial charge in [0.15, 0.2) is 0 Å². The van der Waals surface area contributed by atoms with E-state index in [4.69, 9.17) is 0 Å². The number of thiophene rings is 1. The standard InChI is InChI=1S/C14H21NO2S/c1-2-14(13(16)17)7-4-8-15(11-14)9-6-12-5-3-10-18-12/h3,5,10H,2,4,6-9,11H2,1H3,(H,16,17). The van der Waals surface area contributed by atoms with Crippen molar-refractivity contribution in [3.63, 3.8) is 0 Å². The van der Waals surface area contributed by atoms with Crippen molar-refractivity contribution in [3.05, 3.63) is 22.4 Å². The Balaban J connectivity index is 1.92. The van der Waals surface area contributed by atoms with Gasteiger partial charge in [0.05, 0.1) is 5.41 Å². The first kappa shape index (κ1) is 13.6. The highest BCUT2D eigenvalue weighted by Gasteiger charge is 2.40. The first-order valence-corrected chi connectivity index (χ1v) is 7.52. The molecule has 18 heavy (non-hydrogen) atoms. The number of hydrogen-bond acceptors (Lipinski definition) is 3. The molecule has 1 fully saturated rings. The fourth-order valence-corrected chi connectivity index (χ4v) is 3.45. The van der Waals surface area contributed by atoms with E-state index in [1.54, 1.807) is 11.3 Å². The van der Waals surface area contributed by atoms with Gasteiger partial charge in [0.1, 0.15) is 0 Å². The number of carboxylic acids is 1. The topological polar surface area (TPSA) is 40.5 Å². The van der Waals surface area contributed by atoms with Crippen molar-refractivity contribution in [1.29, 1.82) is 0 Å². The van der Waals surface area contributed by atoms with E-state index >= 15 is 0 Å². The number of nitrogens with zero attached hydrogens (tertiary/aromatic N) is 1. The number of rotatable bonds is 5. The highest BCUT2D eigenvalue weighted by molar-refractivity contribution is 7.09. The predicted octanol–water partition coefficient (Wildman–Crippen LogP) is 2.87. The van der Waals surface area contributed by atoms with Gasteiger partial charge in [0.25, 0.3) is 0 Å². The average molecular weight is 267 g/mol. The average Bonchev–Trinajstić information content (AvgIpc) is 2.89. The first-order valence-electron chi connectivity index (χ1n) is 6.64. The summed E-state index contributed by atoms with van der Waals surface area (Å²) in [5, 5.41) is 11.5. The van der Waals surface area contributed by atoms with E-state index in [9.17, 15) is 9.90 Å². The minimum absolute atomic E-state index is 0.506. The van der Waals surface area contributed by atoms with E-state index in [0.717, 1.165) is 38.8 Å². The van der Waals surface area contributed by atoms with Crippen LogP contribution in [0.4, 0.5) is 0 Å². The molecular weight excluding hydrogens is 246 g/mol. The molecule has 1 N–H and O–H groups in total. The van der Waals surface area contributed by atoms with Crippen molar-refractivity contribution in [1.82, 2.24) is 4.90 Å². The minimum atomic E-state index is -0.620. The Labute approximate surface area is 112 Å². The molecule has 0 aromatic carbocycles. The molecule has 1 saturated heterocycles. The molecule has 0 aliphatic carbocycles. The van der Waals surface area contributed by atoms with E-state index in [0.29, 0.717) is 6.54 Å². The maximum atomic E-state index is 11.5. The van der Waals surface area contributed by atoms with Crippen molar-refractivity contribution in [2.75, 3.05) is 19.6 Å². The molecule has 1 unspecified atom stereocenters. The molecule has 0 spiro atoms. The van der Waals surface area contributed by atoms with Crippen LogP contribution < -0.4 is 0 Å². The quantitative estimate of drug-likeness (QED) is 0.892. The molecule has 1 aliphatic heterocycles. The van der Waals surface area contributed by atoms with Crippen molar-refractivity contribution in [3.8, 4) is 0 Å². The van der Waals surface area contributed by atoms with Crippen LogP contribution in [0.5, 0.6) is 0 Å². The maximum Gasteiger partial charge on any atom is 0.310 e. The molecule has 1 aliphatic rings. The molecule has 0 saturated carbocycles. The summed E-state index contributed by atoms with van der Waals surface area (Å²) in [6.45, 7) is 4.73. The predicted molar refractivity (Wildman–Crippen MR) is 74.1 cm³/mol. The van der Waals surface area contributed by atoms with Gasteiger partial charge in [-0.05, 0) is 43.7 Å². The maximum absolute atomic E-state index is 11.5. The molecule has 0 radical (unpaired) electrons. The normalized spacial score (nSPS) is 25.2. The Bertz CT molecular complexity index is 391. The highest BCUT2D eigenvalue weighted by Crippen LogP contribution is 2.33. The summed E-state index contributed by atoms with van der Waals surface area (Å²) in [7, 11) is 0. The van der Waals surface area contributed by atoms with Gasteiger partial charge in [-0.3, -0.25) is 4.79 Å². The SMILES string of the molecule is CCC1(C(=O)O)CCCN(CCc2cccs2)C1. The van der Waals surface area contributed by atoms with Crippen LogP contribution in [0.25, 0.3) is 0 Å². The zero-order valence-electron chi connectivity index (χ0n) is 10.9. The molecule has 100 valence electrons. The lowest BCUT2D eigenvalue weighted by Crippen LogP contribution is -2.48. The van der Waals surface area contributed by atoms with Gasteiger partial charge in [0.2, 0.25) is 0 Å². The minimum Gasteiger partial charge on any atom is -0.481 e. The summed E-state index contributed by atoms with van der Waals surface area (Å²) in [6, 6.07) is 4.22. The molecule has 0 bridgehead atoms. The fraction of sp³-hybridized carbons (Fsp3) is 0.643. The Kier molecular flexibility index (Phi) is 4.40. The van der Waals surface area contributed by atoms with E-state index in [1.165, 1.54) is 4.88 Å². The second-order valence-electron chi connectivity index (χ2n) is 5.15. The van der Waals surface area contributed by atoms with Crippen LogP contribution in [0.15, 0.2) is 17.5 Å². The molecular formula is C14H21NO2S. The Morgan fingerprint density at radius 2 is 2.44 bits per heavy atom. The van der Waals surface area contributed by atoms with Crippen LogP contribution in [0.1, 0.15) is 31.1 Å². The molecule has 1 atom stereocenters. The van der Waals surface area contributed by atoms with Gasteiger partial charge < -0.3 is 10.0 Å². The molecule has 3 nitrogen and oxygen atoms in total. The first-order chi connectivity index (χ1) is 8.66. The van der Waals surface area contributed by atoms with E-state index < -0.39 is 11.4 Å². The third-order valence-electron chi connectivity index (χ3n) is 4.04. The van der Waals surface area contributed by atoms with E-state index in [1.807, 2.05) is 6.92 Å². The highest BCUT2D eigenvalue weighted by atomic mass is 32.1. The van der Waals surface area contributed by atoms with Crippen molar-refractivity contribution in [2.45, 2.75) is 32.6 Å². The van der Waals surface area contributed by atoms with Crippen LogP contribution in [0.2, 0.25) is 0 Å². The van der Waals surface area contributed by atoms with Crippen LogP contribution >= 0.6 is 11.3 Å². The largest absolute Gasteiger partial charge is 0.481 e. The summed E-state index contributed by atoms with van der Waals surface area (Å²) >= 11 is 1.78. The lowest BCUT2D eigenvalue weighted by atomic mass is 9.77. The zero-order valence-corrected chi connectivity index (χ0v) is 11.7. The monoisotopic (exact) mass is 267 g/mol. The molecule has 0 amide bonds. The summed E-state index contributed by atoms with van der Waals surface area (Å²) in [4.78, 5) is 15.2. The van der Waals surface area contributed by atoms with Crippen LogP contribution in [-0.4, -0.2) is 35.6 Å². The van der Waals surface area contributed by atoms with Gasteiger partial charge in [-0.15, -0.1) is 11.3 Å². The molecule has 4 heteroatoms. The second kappa shape index (κ2) is 5.85. The van der Waals surface area contributed by atoms with Gasteiger partial charge in [-0.25, -0.2) is 0 Å². The molecule has 1 aromatic heterocycles. The van der Waals surface area contributed by atoms with Gasteiger partial charge in [-0.1, -0.05) is 13.0 Å². The second-order valence-corrected chi connectivity index (χ2v) is 6.18. The molecule has 2 heterocycles. The Morgan fingerprint density at radius 3 is 3.06 bits per heavy atom. The third kappa shape index (κ3) is 2.93. The summed E-state index contributed by atoms with van der Waals surface area (Å²) < 4.78 is 0. The molecule has 2 rings (SSSR count). The van der Waals surface area contributed by atoms with Crippen molar-refractivity contribution in [2.24, 2.45) is 5.41 Å². The van der Waals surface area contributed by atoms with Gasteiger partial charge in [-0.2, -0.15) is 0 Å². The van der Waals surface area contributed by atoms with Crippen LogP contribution in [-0.2, 0) is 11.2 Å². The number of piperidine rings is 1. The summed E-state index contributed by atoms with van der Waals surface area (Å²) in [5.74, 6) is -0.620. The van der Waals surface area contributed by atoms with Gasteiger partial charge in [0, 0.05) is 18.0 Å². The summed E-state index contributed by atoms with van der Waals surface area (Å²) in [5.41, 5.74) is -0.506. The van der Waals surface area contributed by atoms with Crippen molar-refractivity contribution < 1.29 is 9.90 Å².